The van der Waals surface area contributed by atoms with Crippen molar-refractivity contribution in [2.45, 2.75) is 47.9 Å². The zero-order valence-corrected chi connectivity index (χ0v) is 11.5. The minimum atomic E-state index is -4.38. The molecule has 2 nitrogen and oxygen atoms in total. The van der Waals surface area contributed by atoms with Gasteiger partial charge in [-0.3, -0.25) is 4.79 Å². The van der Waals surface area contributed by atoms with Crippen LogP contribution in [0.5, 0.6) is 0 Å². The van der Waals surface area contributed by atoms with Gasteiger partial charge in [-0.05, 0) is 31.0 Å². The van der Waals surface area contributed by atoms with Gasteiger partial charge in [0.15, 0.2) is 0 Å². The Kier molecular flexibility index (Phi) is 3.23. The number of thioether (sulfide) groups is 1. The summed E-state index contributed by atoms with van der Waals surface area (Å²) in [5.74, 6) is -0.144. The topological polar surface area (TPSA) is 29.1 Å². The van der Waals surface area contributed by atoms with E-state index in [1.165, 1.54) is 17.8 Å². The second kappa shape index (κ2) is 4.69. The zero-order valence-electron chi connectivity index (χ0n) is 10.7. The van der Waals surface area contributed by atoms with Crippen LogP contribution < -0.4 is 5.32 Å². The van der Waals surface area contributed by atoms with E-state index in [0.717, 1.165) is 49.1 Å². The molecule has 1 spiro atoms. The summed E-state index contributed by atoms with van der Waals surface area (Å²) in [6.45, 7) is 0. The molecule has 1 heterocycles. The van der Waals surface area contributed by atoms with Crippen molar-refractivity contribution in [1.82, 2.24) is 0 Å². The smallest absolute Gasteiger partial charge is 0.324 e. The summed E-state index contributed by atoms with van der Waals surface area (Å²) in [4.78, 5) is 13.0. The minimum absolute atomic E-state index is 0.144. The van der Waals surface area contributed by atoms with Crippen LogP contribution >= 0.6 is 11.8 Å². The number of rotatable bonds is 0. The first-order valence-corrected chi connectivity index (χ1v) is 7.44. The van der Waals surface area contributed by atoms with Gasteiger partial charge < -0.3 is 5.32 Å². The molecule has 108 valence electrons. The molecule has 2 aliphatic rings. The number of benzene rings is 1. The fourth-order valence-corrected chi connectivity index (χ4v) is 4.25. The maximum Gasteiger partial charge on any atom is 0.416 e. The van der Waals surface area contributed by atoms with Crippen molar-refractivity contribution in [1.29, 1.82) is 0 Å². The number of carbonyl (C=O) groups is 1. The van der Waals surface area contributed by atoms with E-state index >= 15 is 0 Å². The summed E-state index contributed by atoms with van der Waals surface area (Å²) in [6, 6.07) is 3.58. The van der Waals surface area contributed by atoms with E-state index in [-0.39, 0.29) is 11.6 Å². The van der Waals surface area contributed by atoms with E-state index in [0.29, 0.717) is 0 Å². The second-order valence-corrected chi connectivity index (χ2v) is 6.75. The van der Waals surface area contributed by atoms with Crippen molar-refractivity contribution >= 4 is 23.4 Å². The Morgan fingerprint density at radius 1 is 1.15 bits per heavy atom. The molecule has 20 heavy (non-hydrogen) atoms. The Labute approximate surface area is 119 Å². The Bertz CT molecular complexity index is 550. The molecule has 6 heteroatoms. The van der Waals surface area contributed by atoms with E-state index in [1.54, 1.807) is 0 Å². The highest BCUT2D eigenvalue weighted by Crippen LogP contribution is 2.50. The number of anilines is 1. The van der Waals surface area contributed by atoms with Gasteiger partial charge in [-0.2, -0.15) is 13.2 Å². The van der Waals surface area contributed by atoms with E-state index < -0.39 is 16.5 Å². The van der Waals surface area contributed by atoms with Crippen LogP contribution in [0.4, 0.5) is 18.9 Å². The van der Waals surface area contributed by atoms with Crippen molar-refractivity contribution < 1.29 is 18.0 Å². The number of alkyl halides is 3. The molecule has 1 saturated carbocycles. The summed E-state index contributed by atoms with van der Waals surface area (Å²) >= 11 is 1.43. The number of hydrogen-bond donors (Lipinski definition) is 1. The minimum Gasteiger partial charge on any atom is -0.324 e. The summed E-state index contributed by atoms with van der Waals surface area (Å²) < 4.78 is 37.6. The highest BCUT2D eigenvalue weighted by atomic mass is 32.2. The Morgan fingerprint density at radius 2 is 1.85 bits per heavy atom. The predicted molar refractivity (Wildman–Crippen MR) is 71.7 cm³/mol. The third-order valence-corrected chi connectivity index (χ3v) is 5.50. The van der Waals surface area contributed by atoms with Gasteiger partial charge in [0.2, 0.25) is 5.91 Å². The fraction of sp³-hybridized carbons (Fsp3) is 0.500. The van der Waals surface area contributed by atoms with Gasteiger partial charge >= 0.3 is 6.18 Å². The summed E-state index contributed by atoms with van der Waals surface area (Å²) in [7, 11) is 0. The molecule has 1 N–H and O–H groups in total. The van der Waals surface area contributed by atoms with Crippen LogP contribution in [-0.2, 0) is 11.0 Å². The maximum absolute atomic E-state index is 12.7. The molecule has 1 aromatic rings. The zero-order chi connectivity index (χ0) is 14.4. The van der Waals surface area contributed by atoms with Crippen LogP contribution in [0.25, 0.3) is 0 Å². The number of halogens is 3. The molecule has 0 atom stereocenters. The van der Waals surface area contributed by atoms with E-state index in [9.17, 15) is 18.0 Å². The lowest BCUT2D eigenvalue weighted by Gasteiger charge is -2.39. The third-order valence-electron chi connectivity index (χ3n) is 3.94. The van der Waals surface area contributed by atoms with E-state index in [4.69, 9.17) is 0 Å². The first-order valence-electron chi connectivity index (χ1n) is 6.62. The van der Waals surface area contributed by atoms with E-state index in [1.807, 2.05) is 0 Å². The van der Waals surface area contributed by atoms with Gasteiger partial charge in [-0.15, -0.1) is 11.8 Å². The number of hydrogen-bond acceptors (Lipinski definition) is 2. The average molecular weight is 301 g/mol. The summed E-state index contributed by atoms with van der Waals surface area (Å²) in [5, 5.41) is 2.67. The Morgan fingerprint density at radius 3 is 2.50 bits per heavy atom. The molecule has 1 aliphatic carbocycles. The van der Waals surface area contributed by atoms with Crippen molar-refractivity contribution in [3.63, 3.8) is 0 Å². The fourth-order valence-electron chi connectivity index (χ4n) is 2.84. The van der Waals surface area contributed by atoms with Gasteiger partial charge in [0.1, 0.15) is 0 Å². The molecule has 1 amide bonds. The van der Waals surface area contributed by atoms with Crippen molar-refractivity contribution in [2.75, 3.05) is 5.32 Å². The molecule has 0 bridgehead atoms. The lowest BCUT2D eigenvalue weighted by molar-refractivity contribution is -0.137. The average Bonchev–Trinajstić information content (AvgIpc) is 2.40. The molecule has 1 aliphatic heterocycles. The predicted octanol–water partition coefficient (Wildman–Crippen LogP) is 4.45. The van der Waals surface area contributed by atoms with Gasteiger partial charge in [0.25, 0.3) is 0 Å². The SMILES string of the molecule is O=C1Nc2cc(C(F)(F)F)ccc2SC12CCCCC2. The number of amides is 1. The van der Waals surface area contributed by atoms with Gasteiger partial charge in [-0.1, -0.05) is 19.3 Å². The third kappa shape index (κ3) is 2.30. The summed E-state index contributed by atoms with van der Waals surface area (Å²) in [6.07, 6.45) is 0.320. The molecular weight excluding hydrogens is 287 g/mol. The van der Waals surface area contributed by atoms with Gasteiger partial charge in [0, 0.05) is 4.90 Å². The molecule has 0 aromatic heterocycles. The van der Waals surface area contributed by atoms with Gasteiger partial charge in [-0.25, -0.2) is 0 Å². The van der Waals surface area contributed by atoms with Crippen LogP contribution in [0.2, 0.25) is 0 Å². The van der Waals surface area contributed by atoms with Crippen LogP contribution in [0, 0.1) is 0 Å². The van der Waals surface area contributed by atoms with Gasteiger partial charge in [0.05, 0.1) is 16.0 Å². The van der Waals surface area contributed by atoms with Crippen molar-refractivity contribution in [2.24, 2.45) is 0 Å². The number of nitrogens with one attached hydrogen (secondary N) is 1. The monoisotopic (exact) mass is 301 g/mol. The lowest BCUT2D eigenvalue weighted by Crippen LogP contribution is -2.44. The largest absolute Gasteiger partial charge is 0.416 e. The molecular formula is C14H14F3NOS. The van der Waals surface area contributed by atoms with Crippen LogP contribution in [0.3, 0.4) is 0 Å². The molecule has 0 saturated heterocycles. The molecule has 0 unspecified atom stereocenters. The van der Waals surface area contributed by atoms with Crippen molar-refractivity contribution in [3.8, 4) is 0 Å². The van der Waals surface area contributed by atoms with Crippen LogP contribution in [-0.4, -0.2) is 10.7 Å². The first-order chi connectivity index (χ1) is 9.41. The molecule has 0 radical (unpaired) electrons. The van der Waals surface area contributed by atoms with Crippen molar-refractivity contribution in [3.05, 3.63) is 23.8 Å². The highest BCUT2D eigenvalue weighted by molar-refractivity contribution is 8.01. The standard InChI is InChI=1S/C14H14F3NOS/c15-14(16,17)9-4-5-11-10(8-9)18-12(19)13(20-11)6-2-1-3-7-13/h4-5,8H,1-3,6-7H2,(H,18,19). The summed E-state index contributed by atoms with van der Waals surface area (Å²) in [5.41, 5.74) is -0.442. The quantitative estimate of drug-likeness (QED) is 0.767. The Hall–Kier alpha value is -1.17. The molecule has 1 aromatic carbocycles. The normalized spacial score (nSPS) is 21.4. The number of fused-ring (bicyclic) bond motifs is 1. The van der Waals surface area contributed by atoms with Crippen LogP contribution in [0.15, 0.2) is 23.1 Å². The van der Waals surface area contributed by atoms with Crippen LogP contribution in [0.1, 0.15) is 37.7 Å². The maximum atomic E-state index is 12.7. The molecule has 3 rings (SSSR count). The first kappa shape index (κ1) is 13.8. The highest BCUT2D eigenvalue weighted by Gasteiger charge is 2.44. The van der Waals surface area contributed by atoms with E-state index in [2.05, 4.69) is 5.32 Å². The molecule has 1 fully saturated rings. The second-order valence-electron chi connectivity index (χ2n) is 5.32. The Balaban J connectivity index is 1.94. The lowest BCUT2D eigenvalue weighted by atomic mass is 9.87. The number of carbonyl (C=O) groups excluding carboxylic acids is 1.